The summed E-state index contributed by atoms with van der Waals surface area (Å²) in [5.74, 6) is 0.348. The Bertz CT molecular complexity index is 463. The van der Waals surface area contributed by atoms with Gasteiger partial charge < -0.3 is 15.0 Å². The lowest BCUT2D eigenvalue weighted by atomic mass is 10.0. The van der Waals surface area contributed by atoms with E-state index in [4.69, 9.17) is 4.74 Å². The molecular weight excluding hydrogens is 231 g/mol. The van der Waals surface area contributed by atoms with Gasteiger partial charge in [0.15, 0.2) is 0 Å². The van der Waals surface area contributed by atoms with Crippen LogP contribution in [0.4, 0.5) is 15.8 Å². The van der Waals surface area contributed by atoms with Crippen LogP contribution in [0.1, 0.15) is 12.5 Å². The standard InChI is InChI=1S/C14H19FN2O/c1-3-17-13-4-9(2)11(15)5-12(13)16-6-10-7-18-8-14(10)17/h4-5,10,14,16H,3,6-8H2,1-2H3. The van der Waals surface area contributed by atoms with Gasteiger partial charge in [-0.1, -0.05) is 0 Å². The van der Waals surface area contributed by atoms with Crippen molar-refractivity contribution in [3.05, 3.63) is 23.5 Å². The van der Waals surface area contributed by atoms with E-state index in [2.05, 4.69) is 17.1 Å². The second-order valence-electron chi connectivity index (χ2n) is 5.15. The van der Waals surface area contributed by atoms with Crippen LogP contribution in [0, 0.1) is 18.7 Å². The highest BCUT2D eigenvalue weighted by molar-refractivity contribution is 5.72. The summed E-state index contributed by atoms with van der Waals surface area (Å²) in [5, 5.41) is 3.37. The van der Waals surface area contributed by atoms with Crippen molar-refractivity contribution in [3.8, 4) is 0 Å². The smallest absolute Gasteiger partial charge is 0.128 e. The van der Waals surface area contributed by atoms with Gasteiger partial charge in [0.05, 0.1) is 30.6 Å². The first-order valence-electron chi connectivity index (χ1n) is 6.59. The van der Waals surface area contributed by atoms with Crippen LogP contribution in [-0.4, -0.2) is 32.3 Å². The number of ether oxygens (including phenoxy) is 1. The number of hydrogen-bond acceptors (Lipinski definition) is 3. The molecule has 2 aliphatic heterocycles. The number of anilines is 2. The Morgan fingerprint density at radius 2 is 2.28 bits per heavy atom. The molecule has 3 rings (SSSR count). The summed E-state index contributed by atoms with van der Waals surface area (Å²) in [6.45, 7) is 7.31. The molecule has 2 unspecified atom stereocenters. The zero-order valence-corrected chi connectivity index (χ0v) is 10.9. The van der Waals surface area contributed by atoms with Gasteiger partial charge >= 0.3 is 0 Å². The minimum atomic E-state index is -0.138. The summed E-state index contributed by atoms with van der Waals surface area (Å²) < 4.78 is 19.3. The monoisotopic (exact) mass is 250 g/mol. The summed E-state index contributed by atoms with van der Waals surface area (Å²) in [6, 6.07) is 3.98. The molecule has 1 N–H and O–H groups in total. The van der Waals surface area contributed by atoms with Crippen LogP contribution in [-0.2, 0) is 4.74 Å². The molecule has 2 atom stereocenters. The predicted molar refractivity (Wildman–Crippen MR) is 70.7 cm³/mol. The number of rotatable bonds is 1. The van der Waals surface area contributed by atoms with Gasteiger partial charge in [-0.25, -0.2) is 4.39 Å². The summed E-state index contributed by atoms with van der Waals surface area (Å²) >= 11 is 0. The number of nitrogens with one attached hydrogen (secondary N) is 1. The first kappa shape index (κ1) is 11.8. The lowest BCUT2D eigenvalue weighted by Crippen LogP contribution is -2.40. The number of likely N-dealkylation sites (N-methyl/N-ethyl adjacent to an activating group) is 1. The highest BCUT2D eigenvalue weighted by Crippen LogP contribution is 2.36. The maximum atomic E-state index is 13.7. The maximum Gasteiger partial charge on any atom is 0.128 e. The number of benzene rings is 1. The van der Waals surface area contributed by atoms with E-state index in [-0.39, 0.29) is 5.82 Å². The highest BCUT2D eigenvalue weighted by Gasteiger charge is 2.35. The van der Waals surface area contributed by atoms with Crippen LogP contribution < -0.4 is 10.2 Å². The van der Waals surface area contributed by atoms with Crippen LogP contribution in [0.3, 0.4) is 0 Å². The third-order valence-electron chi connectivity index (χ3n) is 4.05. The van der Waals surface area contributed by atoms with Gasteiger partial charge in [-0.15, -0.1) is 0 Å². The van der Waals surface area contributed by atoms with Gasteiger partial charge in [0, 0.05) is 19.0 Å². The van der Waals surface area contributed by atoms with Crippen molar-refractivity contribution in [2.45, 2.75) is 19.9 Å². The van der Waals surface area contributed by atoms with Crippen LogP contribution >= 0.6 is 0 Å². The van der Waals surface area contributed by atoms with Crippen molar-refractivity contribution < 1.29 is 9.13 Å². The molecule has 0 bridgehead atoms. The minimum Gasteiger partial charge on any atom is -0.383 e. The Morgan fingerprint density at radius 3 is 3.06 bits per heavy atom. The van der Waals surface area contributed by atoms with Gasteiger partial charge in [0.25, 0.3) is 0 Å². The lowest BCUT2D eigenvalue weighted by molar-refractivity contribution is 0.185. The molecule has 1 aromatic rings. The van der Waals surface area contributed by atoms with E-state index >= 15 is 0 Å². The van der Waals surface area contributed by atoms with Crippen molar-refractivity contribution in [2.75, 3.05) is 36.5 Å². The molecule has 1 aromatic carbocycles. The fourth-order valence-electron chi connectivity index (χ4n) is 3.00. The molecular formula is C14H19FN2O. The number of fused-ring (bicyclic) bond motifs is 2. The van der Waals surface area contributed by atoms with Crippen LogP contribution in [0.5, 0.6) is 0 Å². The molecule has 0 saturated carbocycles. The maximum absolute atomic E-state index is 13.7. The van der Waals surface area contributed by atoms with E-state index in [1.54, 1.807) is 6.07 Å². The van der Waals surface area contributed by atoms with Crippen molar-refractivity contribution in [3.63, 3.8) is 0 Å². The predicted octanol–water partition coefficient (Wildman–Crippen LogP) is 2.40. The minimum absolute atomic E-state index is 0.138. The zero-order chi connectivity index (χ0) is 12.7. The molecule has 3 nitrogen and oxygen atoms in total. The van der Waals surface area contributed by atoms with Gasteiger partial charge in [-0.3, -0.25) is 0 Å². The summed E-state index contributed by atoms with van der Waals surface area (Å²) in [7, 11) is 0. The van der Waals surface area contributed by atoms with E-state index < -0.39 is 0 Å². The highest BCUT2D eigenvalue weighted by atomic mass is 19.1. The van der Waals surface area contributed by atoms with Crippen LogP contribution in [0.15, 0.2) is 12.1 Å². The Morgan fingerprint density at radius 1 is 1.44 bits per heavy atom. The molecule has 18 heavy (non-hydrogen) atoms. The molecule has 0 aromatic heterocycles. The van der Waals surface area contributed by atoms with Gasteiger partial charge in [-0.05, 0) is 31.5 Å². The Balaban J connectivity index is 2.06. The molecule has 4 heteroatoms. The SMILES string of the molecule is CCN1c2cc(C)c(F)cc2NCC2COCC21. The van der Waals surface area contributed by atoms with E-state index in [1.165, 1.54) is 0 Å². The van der Waals surface area contributed by atoms with E-state index in [0.717, 1.165) is 37.7 Å². The Kier molecular flexibility index (Phi) is 2.90. The van der Waals surface area contributed by atoms with Gasteiger partial charge in [-0.2, -0.15) is 0 Å². The average Bonchev–Trinajstić information content (AvgIpc) is 2.76. The van der Waals surface area contributed by atoms with E-state index in [1.807, 2.05) is 13.0 Å². The second kappa shape index (κ2) is 4.43. The third-order valence-corrected chi connectivity index (χ3v) is 4.05. The lowest BCUT2D eigenvalue weighted by Gasteiger charge is -2.31. The molecule has 2 aliphatic rings. The summed E-state index contributed by atoms with van der Waals surface area (Å²) in [5.41, 5.74) is 2.72. The average molecular weight is 250 g/mol. The van der Waals surface area contributed by atoms with Crippen molar-refractivity contribution in [1.29, 1.82) is 0 Å². The molecule has 2 heterocycles. The van der Waals surface area contributed by atoms with E-state index in [9.17, 15) is 4.39 Å². The molecule has 1 saturated heterocycles. The zero-order valence-electron chi connectivity index (χ0n) is 10.9. The number of nitrogens with zero attached hydrogens (tertiary/aromatic N) is 1. The summed E-state index contributed by atoms with van der Waals surface area (Å²) in [4.78, 5) is 2.35. The quantitative estimate of drug-likeness (QED) is 0.828. The van der Waals surface area contributed by atoms with Crippen molar-refractivity contribution in [1.82, 2.24) is 0 Å². The van der Waals surface area contributed by atoms with E-state index in [0.29, 0.717) is 17.5 Å². The van der Waals surface area contributed by atoms with Crippen molar-refractivity contribution >= 4 is 11.4 Å². The second-order valence-corrected chi connectivity index (χ2v) is 5.15. The Labute approximate surface area is 107 Å². The first-order chi connectivity index (χ1) is 8.70. The molecule has 0 radical (unpaired) electrons. The fourth-order valence-corrected chi connectivity index (χ4v) is 3.00. The van der Waals surface area contributed by atoms with Crippen molar-refractivity contribution in [2.24, 2.45) is 5.92 Å². The first-order valence-corrected chi connectivity index (χ1v) is 6.59. The van der Waals surface area contributed by atoms with Gasteiger partial charge in [0.2, 0.25) is 0 Å². The fraction of sp³-hybridized carbons (Fsp3) is 0.571. The summed E-state index contributed by atoms with van der Waals surface area (Å²) in [6.07, 6.45) is 0. The van der Waals surface area contributed by atoms with Crippen LogP contribution in [0.2, 0.25) is 0 Å². The largest absolute Gasteiger partial charge is 0.383 e. The normalized spacial score (nSPS) is 26.3. The molecule has 0 spiro atoms. The number of hydrogen-bond donors (Lipinski definition) is 1. The molecule has 98 valence electrons. The topological polar surface area (TPSA) is 24.5 Å². The molecule has 0 aliphatic carbocycles. The van der Waals surface area contributed by atoms with Crippen LogP contribution in [0.25, 0.3) is 0 Å². The van der Waals surface area contributed by atoms with Gasteiger partial charge in [0.1, 0.15) is 5.82 Å². The third kappa shape index (κ3) is 1.75. The number of aryl methyl sites for hydroxylation is 1. The molecule has 0 amide bonds. The molecule has 1 fully saturated rings. The number of halogens is 1. The Hall–Kier alpha value is -1.29.